The van der Waals surface area contributed by atoms with Crippen LogP contribution in [-0.2, 0) is 9.59 Å². The van der Waals surface area contributed by atoms with E-state index in [4.69, 9.17) is 14.7 Å². The Kier molecular flexibility index (Phi) is 6.92. The predicted octanol–water partition coefficient (Wildman–Crippen LogP) is 4.97. The van der Waals surface area contributed by atoms with Crippen LogP contribution in [-0.4, -0.2) is 48.0 Å². The molecular formula is C28H27N5O3S2. The third kappa shape index (κ3) is 4.94. The van der Waals surface area contributed by atoms with E-state index in [0.717, 1.165) is 44.9 Å². The number of rotatable bonds is 8. The molecule has 2 aliphatic rings. The van der Waals surface area contributed by atoms with Crippen molar-refractivity contribution in [3.63, 3.8) is 0 Å². The van der Waals surface area contributed by atoms with E-state index >= 15 is 0 Å². The van der Waals surface area contributed by atoms with Crippen LogP contribution in [0.2, 0.25) is 0 Å². The van der Waals surface area contributed by atoms with E-state index in [1.54, 1.807) is 23.3 Å². The molecule has 4 aromatic rings. The molecule has 8 nitrogen and oxygen atoms in total. The number of thiophene rings is 2. The van der Waals surface area contributed by atoms with Crippen molar-refractivity contribution in [3.05, 3.63) is 58.9 Å². The number of hydrogen-bond acceptors (Lipinski definition) is 9. The first-order valence-electron chi connectivity index (χ1n) is 12.7. The van der Waals surface area contributed by atoms with Gasteiger partial charge >= 0.3 is 0 Å². The van der Waals surface area contributed by atoms with E-state index in [0.29, 0.717) is 24.3 Å². The lowest BCUT2D eigenvalue weighted by Gasteiger charge is -2.23. The molecule has 5 heterocycles. The van der Waals surface area contributed by atoms with Crippen LogP contribution in [0.5, 0.6) is 5.75 Å². The van der Waals surface area contributed by atoms with Gasteiger partial charge in [-0.25, -0.2) is 9.97 Å². The zero-order valence-corrected chi connectivity index (χ0v) is 22.5. The first kappa shape index (κ1) is 24.7. The van der Waals surface area contributed by atoms with Crippen molar-refractivity contribution in [2.75, 3.05) is 25.1 Å². The number of fused-ring (bicyclic) bond motifs is 1. The van der Waals surface area contributed by atoms with Gasteiger partial charge in [0.15, 0.2) is 5.82 Å². The predicted molar refractivity (Wildman–Crippen MR) is 152 cm³/mol. The Balaban J connectivity index is 1.36. The number of carbonyl (C=O) groups excluding carboxylic acids is 2. The van der Waals surface area contributed by atoms with Crippen LogP contribution in [0.4, 0.5) is 5.82 Å². The van der Waals surface area contributed by atoms with Gasteiger partial charge in [-0.05, 0) is 54.9 Å². The fraction of sp³-hybridized carbons (Fsp3) is 0.286. The average Bonchev–Trinajstić information content (AvgIpc) is 3.69. The lowest BCUT2D eigenvalue weighted by atomic mass is 10.0. The highest BCUT2D eigenvalue weighted by Gasteiger charge is 2.28. The summed E-state index contributed by atoms with van der Waals surface area (Å²) in [6.45, 7) is 1.75. The minimum absolute atomic E-state index is 0.248. The summed E-state index contributed by atoms with van der Waals surface area (Å²) in [6, 6.07) is 12.5. The molecule has 10 heteroatoms. The summed E-state index contributed by atoms with van der Waals surface area (Å²) in [6.07, 6.45) is 6.02. The number of nitrogens with zero attached hydrogens (tertiary/aromatic N) is 3. The van der Waals surface area contributed by atoms with Gasteiger partial charge in [0, 0.05) is 30.1 Å². The Labute approximate surface area is 228 Å². The molecule has 3 aromatic heterocycles. The van der Waals surface area contributed by atoms with Gasteiger partial charge in [-0.1, -0.05) is 24.6 Å². The number of benzene rings is 1. The van der Waals surface area contributed by atoms with Crippen LogP contribution in [0.25, 0.3) is 32.0 Å². The third-order valence-corrected chi connectivity index (χ3v) is 8.60. The summed E-state index contributed by atoms with van der Waals surface area (Å²) >= 11 is 3.08. The maximum Gasteiger partial charge on any atom is 0.274 e. The fourth-order valence-electron chi connectivity index (χ4n) is 4.90. The summed E-state index contributed by atoms with van der Waals surface area (Å²) in [4.78, 5) is 37.6. The van der Waals surface area contributed by atoms with Crippen molar-refractivity contribution in [1.29, 1.82) is 0 Å². The van der Waals surface area contributed by atoms with Crippen molar-refractivity contribution in [3.8, 4) is 27.6 Å². The maximum absolute atomic E-state index is 12.5. The molecule has 1 unspecified atom stereocenters. The fourth-order valence-corrected chi connectivity index (χ4v) is 6.50. The first-order valence-corrected chi connectivity index (χ1v) is 14.4. The van der Waals surface area contributed by atoms with Gasteiger partial charge in [0.2, 0.25) is 0 Å². The number of anilines is 1. The lowest BCUT2D eigenvalue weighted by Crippen LogP contribution is -2.35. The highest BCUT2D eigenvalue weighted by atomic mass is 32.1. The second kappa shape index (κ2) is 10.6. The van der Waals surface area contributed by atoms with Crippen molar-refractivity contribution >= 4 is 50.5 Å². The van der Waals surface area contributed by atoms with Crippen LogP contribution < -0.4 is 20.3 Å². The molecule has 6 rings (SSSR count). The van der Waals surface area contributed by atoms with Crippen molar-refractivity contribution in [2.24, 2.45) is 0 Å². The molecule has 1 atom stereocenters. The molecule has 0 spiro atoms. The summed E-state index contributed by atoms with van der Waals surface area (Å²) in [5, 5.41) is 10.8. The van der Waals surface area contributed by atoms with E-state index in [2.05, 4.69) is 16.0 Å². The normalized spacial score (nSPS) is 17.5. The topological polar surface area (TPSA) is 96.5 Å². The zero-order chi connectivity index (χ0) is 26.1. The molecule has 2 N–H and O–H groups in total. The number of amides is 2. The van der Waals surface area contributed by atoms with Crippen LogP contribution in [0.15, 0.2) is 58.9 Å². The van der Waals surface area contributed by atoms with Crippen molar-refractivity contribution < 1.29 is 14.3 Å². The number of hydrogen-bond donors (Lipinski definition) is 2. The molecule has 0 saturated carbocycles. The van der Waals surface area contributed by atoms with E-state index in [9.17, 15) is 9.59 Å². The van der Waals surface area contributed by atoms with Crippen LogP contribution >= 0.6 is 22.7 Å². The molecule has 1 fully saturated rings. The Morgan fingerprint density at radius 3 is 2.82 bits per heavy atom. The van der Waals surface area contributed by atoms with Gasteiger partial charge in [-0.2, -0.15) is 0 Å². The number of likely N-dealkylation sites (N-methyl/N-ethyl adjacent to an activating group) is 1. The number of nitrogens with one attached hydrogen (secondary N) is 2. The summed E-state index contributed by atoms with van der Waals surface area (Å²) < 4.78 is 6.14. The quantitative estimate of drug-likeness (QED) is 0.302. The number of aromatic nitrogens is 2. The molecule has 2 amide bonds. The molecule has 1 aromatic carbocycles. The van der Waals surface area contributed by atoms with E-state index < -0.39 is 11.8 Å². The Morgan fingerprint density at radius 1 is 1.13 bits per heavy atom. The van der Waals surface area contributed by atoms with Gasteiger partial charge in [-0.15, -0.1) is 22.7 Å². The van der Waals surface area contributed by atoms with Crippen molar-refractivity contribution in [2.45, 2.75) is 31.7 Å². The molecule has 0 bridgehead atoms. The van der Waals surface area contributed by atoms with Gasteiger partial charge in [0.05, 0.1) is 16.9 Å². The molecular weight excluding hydrogens is 518 g/mol. The number of piperidine rings is 1. The summed E-state index contributed by atoms with van der Waals surface area (Å²) in [5.74, 6) is 1.09. The number of imide groups is 1. The van der Waals surface area contributed by atoms with Gasteiger partial charge in [-0.3, -0.25) is 14.9 Å². The van der Waals surface area contributed by atoms with Gasteiger partial charge in [0.1, 0.15) is 22.1 Å². The maximum atomic E-state index is 12.5. The molecule has 0 radical (unpaired) electrons. The van der Waals surface area contributed by atoms with Crippen molar-refractivity contribution in [1.82, 2.24) is 20.6 Å². The second-order valence-corrected chi connectivity index (χ2v) is 11.2. The van der Waals surface area contributed by atoms with Gasteiger partial charge in [0.25, 0.3) is 11.8 Å². The Hall–Kier alpha value is -3.60. The highest BCUT2D eigenvalue weighted by molar-refractivity contribution is 7.17. The molecule has 0 aliphatic carbocycles. The summed E-state index contributed by atoms with van der Waals surface area (Å²) in [5.41, 5.74) is 2.18. The second-order valence-electron chi connectivity index (χ2n) is 9.40. The average molecular weight is 546 g/mol. The molecule has 194 valence electrons. The smallest absolute Gasteiger partial charge is 0.274 e. The van der Waals surface area contributed by atoms with E-state index in [1.807, 2.05) is 41.8 Å². The molecule has 2 aliphatic heterocycles. The summed E-state index contributed by atoms with van der Waals surface area (Å²) in [7, 11) is 1.75. The van der Waals surface area contributed by atoms with Crippen LogP contribution in [0, 0.1) is 0 Å². The lowest BCUT2D eigenvalue weighted by molar-refractivity contribution is -0.123. The Bertz CT molecular complexity index is 1520. The van der Waals surface area contributed by atoms with Gasteiger partial charge < -0.3 is 15.0 Å². The monoisotopic (exact) mass is 545 g/mol. The van der Waals surface area contributed by atoms with E-state index in [-0.39, 0.29) is 5.70 Å². The van der Waals surface area contributed by atoms with E-state index in [1.165, 1.54) is 36.7 Å². The highest BCUT2D eigenvalue weighted by Crippen LogP contribution is 2.41. The van der Waals surface area contributed by atoms with Crippen LogP contribution in [0.1, 0.15) is 25.7 Å². The number of ether oxygens (including phenoxy) is 1. The molecule has 1 saturated heterocycles. The first-order chi connectivity index (χ1) is 18.6. The Morgan fingerprint density at radius 2 is 2.05 bits per heavy atom. The minimum atomic E-state index is -0.443. The molecule has 38 heavy (non-hydrogen) atoms. The van der Waals surface area contributed by atoms with Crippen LogP contribution in [0.3, 0.4) is 0 Å². The zero-order valence-electron chi connectivity index (χ0n) is 20.9. The SMILES string of the molecule is CN(C1=CC(=O)NC1=O)c1nc(-c2cccs2)nc2scc(-c3cccc(OCCC4CCCCN4)c3)c12. The standard InChI is InChI=1S/C28H27N5O3S2/c1-33(21-15-23(34)30-27(21)35)26-24-20(16-38-28(24)32-25(31-26)22-9-5-13-37-22)17-6-4-8-19(14-17)36-12-10-18-7-2-3-11-29-18/h4-6,8-9,13-16,18,29H,2-3,7,10-12H2,1H3,(H,30,34,35). The largest absolute Gasteiger partial charge is 0.494 e. The third-order valence-electron chi connectivity index (χ3n) is 6.86. The number of carbonyl (C=O) groups is 2. The minimum Gasteiger partial charge on any atom is -0.494 e.